The molecular weight excluding hydrogens is 242 g/mol. The SMILES string of the molecule is CN(C)CCN1C(=O)N[C@](C)(c2ccccc2)C1=O. The van der Waals surface area contributed by atoms with Gasteiger partial charge in [0.05, 0.1) is 0 Å². The summed E-state index contributed by atoms with van der Waals surface area (Å²) in [6.45, 7) is 2.81. The zero-order valence-corrected chi connectivity index (χ0v) is 11.5. The van der Waals surface area contributed by atoms with E-state index in [2.05, 4.69) is 5.32 Å². The average molecular weight is 261 g/mol. The summed E-state index contributed by atoms with van der Waals surface area (Å²) in [5, 5.41) is 2.79. The molecule has 19 heavy (non-hydrogen) atoms. The zero-order chi connectivity index (χ0) is 14.0. The van der Waals surface area contributed by atoms with E-state index in [1.54, 1.807) is 6.92 Å². The molecule has 0 unspecified atom stereocenters. The van der Waals surface area contributed by atoms with Crippen molar-refractivity contribution >= 4 is 11.9 Å². The highest BCUT2D eigenvalue weighted by Gasteiger charge is 2.48. The Hall–Kier alpha value is -1.88. The number of urea groups is 1. The van der Waals surface area contributed by atoms with Crippen LogP contribution in [0, 0.1) is 0 Å². The summed E-state index contributed by atoms with van der Waals surface area (Å²) in [5.74, 6) is -0.189. The lowest BCUT2D eigenvalue weighted by Gasteiger charge is -2.22. The Balaban J connectivity index is 2.22. The van der Waals surface area contributed by atoms with Gasteiger partial charge in [-0.25, -0.2) is 4.79 Å². The van der Waals surface area contributed by atoms with Gasteiger partial charge < -0.3 is 10.2 Å². The molecule has 0 aliphatic carbocycles. The number of benzene rings is 1. The van der Waals surface area contributed by atoms with Crippen molar-refractivity contribution in [2.24, 2.45) is 0 Å². The quantitative estimate of drug-likeness (QED) is 0.823. The fraction of sp³-hybridized carbons (Fsp3) is 0.429. The standard InChI is InChI=1S/C14H19N3O2/c1-14(11-7-5-4-6-8-11)12(18)17(13(19)15-14)10-9-16(2)3/h4-8H,9-10H2,1-3H3,(H,15,19)/t14-/m1/s1. The monoisotopic (exact) mass is 261 g/mol. The van der Waals surface area contributed by atoms with E-state index < -0.39 is 5.54 Å². The minimum Gasteiger partial charge on any atom is -0.319 e. The van der Waals surface area contributed by atoms with E-state index in [1.807, 2.05) is 49.3 Å². The lowest BCUT2D eigenvalue weighted by Crippen LogP contribution is -2.41. The molecule has 0 aromatic heterocycles. The molecule has 102 valence electrons. The minimum atomic E-state index is -0.954. The van der Waals surface area contributed by atoms with Gasteiger partial charge in [0.25, 0.3) is 5.91 Å². The third-order valence-electron chi connectivity index (χ3n) is 3.40. The predicted octanol–water partition coefficient (Wildman–Crippen LogP) is 1.02. The molecule has 3 amide bonds. The van der Waals surface area contributed by atoms with E-state index in [-0.39, 0.29) is 11.9 Å². The summed E-state index contributed by atoms with van der Waals surface area (Å²) in [6.07, 6.45) is 0. The van der Waals surface area contributed by atoms with Crippen molar-refractivity contribution in [2.45, 2.75) is 12.5 Å². The van der Waals surface area contributed by atoms with Crippen molar-refractivity contribution in [2.75, 3.05) is 27.2 Å². The summed E-state index contributed by atoms with van der Waals surface area (Å²) in [7, 11) is 3.82. The lowest BCUT2D eigenvalue weighted by atomic mass is 9.92. The van der Waals surface area contributed by atoms with Crippen molar-refractivity contribution < 1.29 is 9.59 Å². The highest BCUT2D eigenvalue weighted by Crippen LogP contribution is 2.28. The zero-order valence-electron chi connectivity index (χ0n) is 11.5. The van der Waals surface area contributed by atoms with Crippen LogP contribution in [-0.2, 0) is 10.3 Å². The summed E-state index contributed by atoms with van der Waals surface area (Å²) >= 11 is 0. The highest BCUT2D eigenvalue weighted by atomic mass is 16.2. The van der Waals surface area contributed by atoms with Gasteiger partial charge in [-0.05, 0) is 26.6 Å². The Morgan fingerprint density at radius 3 is 2.42 bits per heavy atom. The topological polar surface area (TPSA) is 52.6 Å². The van der Waals surface area contributed by atoms with Crippen LogP contribution in [0.2, 0.25) is 0 Å². The van der Waals surface area contributed by atoms with Gasteiger partial charge in [0.2, 0.25) is 0 Å². The molecule has 1 N–H and O–H groups in total. The van der Waals surface area contributed by atoms with E-state index in [0.29, 0.717) is 13.1 Å². The number of likely N-dealkylation sites (N-methyl/N-ethyl adjacent to an activating group) is 1. The molecule has 0 saturated carbocycles. The first-order chi connectivity index (χ1) is 8.95. The van der Waals surface area contributed by atoms with Gasteiger partial charge in [-0.1, -0.05) is 30.3 Å². The normalized spacial score (nSPS) is 23.1. The van der Waals surface area contributed by atoms with Crippen LogP contribution in [0.1, 0.15) is 12.5 Å². The van der Waals surface area contributed by atoms with Crippen molar-refractivity contribution in [1.29, 1.82) is 0 Å². The molecule has 0 spiro atoms. The van der Waals surface area contributed by atoms with Crippen LogP contribution in [0.15, 0.2) is 30.3 Å². The molecule has 1 fully saturated rings. The molecule has 0 radical (unpaired) electrons. The average Bonchev–Trinajstić information content (AvgIpc) is 2.60. The number of hydrogen-bond donors (Lipinski definition) is 1. The van der Waals surface area contributed by atoms with Crippen molar-refractivity contribution in [3.8, 4) is 0 Å². The summed E-state index contributed by atoms with van der Waals surface area (Å²) < 4.78 is 0. The van der Waals surface area contributed by atoms with Gasteiger partial charge in [0.15, 0.2) is 0 Å². The Labute approximate surface area is 113 Å². The minimum absolute atomic E-state index is 0.189. The van der Waals surface area contributed by atoms with Crippen LogP contribution in [0.4, 0.5) is 4.79 Å². The van der Waals surface area contributed by atoms with E-state index in [1.165, 1.54) is 4.90 Å². The highest BCUT2D eigenvalue weighted by molar-refractivity contribution is 6.07. The largest absolute Gasteiger partial charge is 0.325 e. The van der Waals surface area contributed by atoms with Crippen LogP contribution in [0.3, 0.4) is 0 Å². The molecule has 1 saturated heterocycles. The maximum Gasteiger partial charge on any atom is 0.325 e. The summed E-state index contributed by atoms with van der Waals surface area (Å²) in [5.41, 5.74) is -0.148. The molecule has 5 nitrogen and oxygen atoms in total. The molecule has 1 aromatic rings. The van der Waals surface area contributed by atoms with E-state index >= 15 is 0 Å². The van der Waals surface area contributed by atoms with E-state index in [0.717, 1.165) is 5.56 Å². The number of rotatable bonds is 4. The van der Waals surface area contributed by atoms with Gasteiger partial charge in [-0.15, -0.1) is 0 Å². The Morgan fingerprint density at radius 2 is 1.84 bits per heavy atom. The second-order valence-corrected chi connectivity index (χ2v) is 5.18. The molecule has 2 rings (SSSR count). The first-order valence-corrected chi connectivity index (χ1v) is 6.29. The first-order valence-electron chi connectivity index (χ1n) is 6.29. The Morgan fingerprint density at radius 1 is 1.21 bits per heavy atom. The molecule has 1 aliphatic rings. The van der Waals surface area contributed by atoms with Gasteiger partial charge in [-0.3, -0.25) is 9.69 Å². The Bertz CT molecular complexity index is 487. The van der Waals surface area contributed by atoms with Gasteiger partial charge in [0, 0.05) is 13.1 Å². The number of carbonyl (C=O) groups is 2. The van der Waals surface area contributed by atoms with Crippen molar-refractivity contribution in [3.63, 3.8) is 0 Å². The van der Waals surface area contributed by atoms with E-state index in [4.69, 9.17) is 0 Å². The molecule has 5 heteroatoms. The van der Waals surface area contributed by atoms with Gasteiger partial charge in [0.1, 0.15) is 5.54 Å². The third kappa shape index (κ3) is 2.46. The molecule has 1 atom stereocenters. The van der Waals surface area contributed by atoms with Crippen LogP contribution in [-0.4, -0.2) is 48.9 Å². The molecule has 1 aliphatic heterocycles. The maximum atomic E-state index is 12.5. The summed E-state index contributed by atoms with van der Waals surface area (Å²) in [4.78, 5) is 27.7. The smallest absolute Gasteiger partial charge is 0.319 e. The van der Waals surface area contributed by atoms with E-state index in [9.17, 15) is 9.59 Å². The van der Waals surface area contributed by atoms with Crippen LogP contribution >= 0.6 is 0 Å². The number of imide groups is 1. The maximum absolute atomic E-state index is 12.5. The molecule has 1 heterocycles. The second kappa shape index (κ2) is 5.01. The van der Waals surface area contributed by atoms with Crippen LogP contribution in [0.25, 0.3) is 0 Å². The van der Waals surface area contributed by atoms with Crippen LogP contribution in [0.5, 0.6) is 0 Å². The second-order valence-electron chi connectivity index (χ2n) is 5.18. The first kappa shape index (κ1) is 13.5. The third-order valence-corrected chi connectivity index (χ3v) is 3.40. The van der Waals surface area contributed by atoms with Crippen LogP contribution < -0.4 is 5.32 Å². The number of nitrogens with one attached hydrogen (secondary N) is 1. The number of nitrogens with zero attached hydrogens (tertiary/aromatic N) is 2. The lowest BCUT2D eigenvalue weighted by molar-refractivity contribution is -0.131. The number of carbonyl (C=O) groups excluding carboxylic acids is 2. The predicted molar refractivity (Wildman–Crippen MR) is 72.6 cm³/mol. The fourth-order valence-corrected chi connectivity index (χ4v) is 2.17. The van der Waals surface area contributed by atoms with Crippen molar-refractivity contribution in [1.82, 2.24) is 15.1 Å². The summed E-state index contributed by atoms with van der Waals surface area (Å²) in [6, 6.07) is 9.00. The number of hydrogen-bond acceptors (Lipinski definition) is 3. The fourth-order valence-electron chi connectivity index (χ4n) is 2.17. The van der Waals surface area contributed by atoms with Gasteiger partial charge in [-0.2, -0.15) is 0 Å². The van der Waals surface area contributed by atoms with Crippen molar-refractivity contribution in [3.05, 3.63) is 35.9 Å². The molecule has 0 bridgehead atoms. The molecule has 1 aromatic carbocycles. The molecular formula is C14H19N3O2. The number of amides is 3. The van der Waals surface area contributed by atoms with Gasteiger partial charge >= 0.3 is 6.03 Å². The Kier molecular flexibility index (Phi) is 3.57.